The van der Waals surface area contributed by atoms with Crippen molar-refractivity contribution in [3.8, 4) is 0 Å². The molecule has 124 valence electrons. The largest absolute Gasteiger partial charge is 0.464 e. The van der Waals surface area contributed by atoms with E-state index in [-0.39, 0.29) is 6.42 Å². The molecule has 0 amide bonds. The Morgan fingerprint density at radius 1 is 1.22 bits per heavy atom. The molecule has 1 atom stereocenters. The fraction of sp³-hybridized carbons (Fsp3) is 0.412. The van der Waals surface area contributed by atoms with Gasteiger partial charge in [0.2, 0.25) is 0 Å². The molecule has 23 heavy (non-hydrogen) atoms. The second kappa shape index (κ2) is 5.70. The maximum absolute atomic E-state index is 12.3. The summed E-state index contributed by atoms with van der Waals surface area (Å²) in [7, 11) is 0. The number of fused-ring (bicyclic) bond motifs is 1. The van der Waals surface area contributed by atoms with Gasteiger partial charge in [-0.25, -0.2) is 4.79 Å². The average molecular weight is 318 g/mol. The van der Waals surface area contributed by atoms with Gasteiger partial charge in [0.25, 0.3) is 0 Å². The van der Waals surface area contributed by atoms with E-state index in [4.69, 9.17) is 10.5 Å². The second-order valence-electron chi connectivity index (χ2n) is 6.92. The Kier molecular flexibility index (Phi) is 4.22. The average Bonchev–Trinajstić information content (AvgIpc) is 2.76. The van der Waals surface area contributed by atoms with Crippen LogP contribution in [0.3, 0.4) is 0 Å². The van der Waals surface area contributed by atoms with Crippen molar-refractivity contribution in [2.75, 3.05) is 0 Å². The van der Waals surface area contributed by atoms with Gasteiger partial charge in [-0.2, -0.15) is 0 Å². The maximum atomic E-state index is 12.3. The van der Waals surface area contributed by atoms with Crippen molar-refractivity contribution >= 4 is 23.0 Å². The molecule has 0 saturated carbocycles. The van der Waals surface area contributed by atoms with E-state index in [1.807, 2.05) is 12.1 Å². The number of carbonyl (C=O) groups excluding carboxylic acids is 1. The van der Waals surface area contributed by atoms with Crippen molar-refractivity contribution in [2.24, 2.45) is 5.73 Å². The van der Waals surface area contributed by atoms with Gasteiger partial charge < -0.3 is 15.6 Å². The first kappa shape index (κ1) is 17.0. The molecule has 0 aliphatic heterocycles. The van der Waals surface area contributed by atoms with E-state index in [9.17, 15) is 14.7 Å². The summed E-state index contributed by atoms with van der Waals surface area (Å²) in [4.78, 5) is 23.6. The molecule has 0 fully saturated rings. The molecular formula is C17H22N2O4. The highest BCUT2D eigenvalue weighted by Gasteiger charge is 2.34. The second-order valence-corrected chi connectivity index (χ2v) is 6.92. The molecule has 0 unspecified atom stereocenters. The topological polar surface area (TPSA) is 94.5 Å². The normalized spacial score (nSPS) is 14.5. The van der Waals surface area contributed by atoms with E-state index in [0.29, 0.717) is 11.1 Å². The van der Waals surface area contributed by atoms with Gasteiger partial charge in [-0.3, -0.25) is 9.36 Å². The van der Waals surface area contributed by atoms with Crippen molar-refractivity contribution in [2.45, 2.75) is 45.3 Å². The number of hydrogen-bond acceptors (Lipinski definition) is 4. The number of ether oxygens (including phenoxy) is 1. The van der Waals surface area contributed by atoms with E-state index >= 15 is 0 Å². The fourth-order valence-corrected chi connectivity index (χ4v) is 2.41. The molecule has 0 saturated heterocycles. The number of esters is 1. The maximum Gasteiger partial charge on any atom is 0.416 e. The van der Waals surface area contributed by atoms with Crippen LogP contribution in [0.1, 0.15) is 33.3 Å². The summed E-state index contributed by atoms with van der Waals surface area (Å²) in [6, 6.07) is 7.12. The Morgan fingerprint density at radius 2 is 1.83 bits per heavy atom. The smallest absolute Gasteiger partial charge is 0.416 e. The van der Waals surface area contributed by atoms with E-state index < -0.39 is 23.2 Å². The van der Waals surface area contributed by atoms with E-state index in [1.54, 1.807) is 39.8 Å². The van der Waals surface area contributed by atoms with Crippen LogP contribution in [-0.2, 0) is 16.0 Å². The Balaban J connectivity index is 2.38. The molecule has 1 aromatic heterocycles. The molecule has 2 aromatic rings. The molecule has 0 bridgehead atoms. The summed E-state index contributed by atoms with van der Waals surface area (Å²) < 4.78 is 6.49. The number of rotatable bonds is 3. The van der Waals surface area contributed by atoms with Crippen molar-refractivity contribution in [1.29, 1.82) is 0 Å². The summed E-state index contributed by atoms with van der Waals surface area (Å²) in [5, 5.41) is 10.1. The number of nitrogens with zero attached hydrogens (tertiary/aromatic N) is 1. The van der Waals surface area contributed by atoms with Crippen LogP contribution >= 0.6 is 0 Å². The third-order valence-corrected chi connectivity index (χ3v) is 3.42. The van der Waals surface area contributed by atoms with Crippen LogP contribution in [0.2, 0.25) is 0 Å². The van der Waals surface area contributed by atoms with Gasteiger partial charge in [0.1, 0.15) is 11.1 Å². The molecule has 0 radical (unpaired) electrons. The predicted octanol–water partition coefficient (Wildman–Crippen LogP) is 2.77. The Bertz CT molecular complexity index is 754. The van der Waals surface area contributed by atoms with Crippen molar-refractivity contribution in [3.05, 3.63) is 36.0 Å². The third-order valence-electron chi connectivity index (χ3n) is 3.42. The van der Waals surface area contributed by atoms with Gasteiger partial charge in [0.05, 0.1) is 5.52 Å². The summed E-state index contributed by atoms with van der Waals surface area (Å²) in [5.74, 6) is -0.517. The molecule has 0 aliphatic rings. The minimum absolute atomic E-state index is 0.183. The van der Waals surface area contributed by atoms with Gasteiger partial charge >= 0.3 is 12.1 Å². The van der Waals surface area contributed by atoms with Gasteiger partial charge in [-0.15, -0.1) is 0 Å². The Hall–Kier alpha value is -2.34. The molecular weight excluding hydrogens is 296 g/mol. The minimum Gasteiger partial charge on any atom is -0.464 e. The first-order chi connectivity index (χ1) is 10.5. The van der Waals surface area contributed by atoms with Crippen LogP contribution in [0, 0.1) is 0 Å². The first-order valence-corrected chi connectivity index (χ1v) is 7.36. The summed E-state index contributed by atoms with van der Waals surface area (Å²) >= 11 is 0. The lowest BCUT2D eigenvalue weighted by atomic mass is 9.93. The quantitative estimate of drug-likeness (QED) is 0.849. The first-order valence-electron chi connectivity index (χ1n) is 7.36. The molecule has 0 spiro atoms. The third kappa shape index (κ3) is 3.71. The number of hydrogen-bond donors (Lipinski definition) is 2. The molecule has 6 heteroatoms. The van der Waals surface area contributed by atoms with Crippen LogP contribution < -0.4 is 5.73 Å². The zero-order valence-electron chi connectivity index (χ0n) is 13.8. The molecule has 1 aromatic carbocycles. The van der Waals surface area contributed by atoms with Gasteiger partial charge in [-0.1, -0.05) is 18.2 Å². The van der Waals surface area contributed by atoms with E-state index in [0.717, 1.165) is 9.95 Å². The number of carboxylic acid groups (broad SMARTS) is 1. The zero-order valence-corrected chi connectivity index (χ0v) is 13.8. The molecule has 6 nitrogen and oxygen atoms in total. The minimum atomic E-state index is -1.25. The lowest BCUT2D eigenvalue weighted by Gasteiger charge is -2.28. The number of benzene rings is 1. The lowest BCUT2D eigenvalue weighted by Crippen LogP contribution is -2.50. The highest BCUT2D eigenvalue weighted by Crippen LogP contribution is 2.25. The highest BCUT2D eigenvalue weighted by atomic mass is 16.6. The van der Waals surface area contributed by atoms with Crippen LogP contribution in [0.4, 0.5) is 4.79 Å². The van der Waals surface area contributed by atoms with Crippen LogP contribution in [0.5, 0.6) is 0 Å². The van der Waals surface area contributed by atoms with Crippen LogP contribution in [0.15, 0.2) is 30.5 Å². The molecule has 0 aliphatic carbocycles. The molecule has 1 heterocycles. The standard InChI is InChI=1S/C17H22N2O4/c1-16(2,3)23-14(20)17(4,18)9-11-10-19(15(21)22)13-8-6-5-7-12(11)13/h5-8,10H,9,18H2,1-4H3,(H,21,22)/t17-/m1/s1. The van der Waals surface area contributed by atoms with Gasteiger partial charge in [-0.05, 0) is 39.3 Å². The SMILES string of the molecule is CC(C)(C)OC(=O)[C@](C)(N)Cc1cn(C(=O)O)c2ccccc12. The number of nitrogens with two attached hydrogens (primary N) is 1. The fourth-order valence-electron chi connectivity index (χ4n) is 2.41. The number of para-hydroxylation sites is 1. The van der Waals surface area contributed by atoms with Gasteiger partial charge in [0, 0.05) is 18.0 Å². The predicted molar refractivity (Wildman–Crippen MR) is 87.5 cm³/mol. The van der Waals surface area contributed by atoms with Crippen LogP contribution in [-0.4, -0.2) is 32.9 Å². The van der Waals surface area contributed by atoms with E-state index in [2.05, 4.69) is 0 Å². The number of carbonyl (C=O) groups is 2. The monoisotopic (exact) mass is 318 g/mol. The Morgan fingerprint density at radius 3 is 2.39 bits per heavy atom. The Labute approximate surface area is 134 Å². The lowest BCUT2D eigenvalue weighted by molar-refractivity contribution is -0.160. The van der Waals surface area contributed by atoms with Crippen molar-refractivity contribution in [1.82, 2.24) is 4.57 Å². The number of aromatic nitrogens is 1. The van der Waals surface area contributed by atoms with Gasteiger partial charge in [0.15, 0.2) is 0 Å². The van der Waals surface area contributed by atoms with Crippen molar-refractivity contribution in [3.63, 3.8) is 0 Å². The summed E-state index contributed by atoms with van der Waals surface area (Å²) in [6.45, 7) is 6.92. The summed E-state index contributed by atoms with van der Waals surface area (Å²) in [5.41, 5.74) is 5.52. The highest BCUT2D eigenvalue weighted by molar-refractivity contribution is 5.92. The van der Waals surface area contributed by atoms with Crippen molar-refractivity contribution < 1.29 is 19.4 Å². The molecule has 2 rings (SSSR count). The van der Waals surface area contributed by atoms with E-state index in [1.165, 1.54) is 6.20 Å². The summed E-state index contributed by atoms with van der Waals surface area (Å²) in [6.07, 6.45) is 0.606. The zero-order chi connectivity index (χ0) is 17.4. The molecule has 3 N–H and O–H groups in total. The van der Waals surface area contributed by atoms with Crippen LogP contribution in [0.25, 0.3) is 10.9 Å².